The number of rotatable bonds is 4. The smallest absolute Gasteiger partial charge is 0.414 e. The van der Waals surface area contributed by atoms with E-state index in [9.17, 15) is 18.0 Å². The number of aryl methyl sites for hydroxylation is 2. The Morgan fingerprint density at radius 2 is 1.89 bits per heavy atom. The number of hydrogen-bond acceptors (Lipinski definition) is 7. The van der Waals surface area contributed by atoms with Crippen molar-refractivity contribution < 1.29 is 22.7 Å². The van der Waals surface area contributed by atoms with E-state index in [0.717, 1.165) is 10.3 Å². The van der Waals surface area contributed by atoms with Crippen molar-refractivity contribution in [2.24, 2.45) is 0 Å². The van der Waals surface area contributed by atoms with Gasteiger partial charge in [-0.3, -0.25) is 4.79 Å². The maximum absolute atomic E-state index is 13.1. The first-order valence-corrected chi connectivity index (χ1v) is 11.1. The summed E-state index contributed by atoms with van der Waals surface area (Å²) >= 11 is 0. The van der Waals surface area contributed by atoms with Crippen molar-refractivity contribution in [2.75, 3.05) is 13.7 Å². The van der Waals surface area contributed by atoms with E-state index in [-0.39, 0.29) is 24.0 Å². The van der Waals surface area contributed by atoms with E-state index in [1.54, 1.807) is 19.2 Å². The van der Waals surface area contributed by atoms with Gasteiger partial charge in [-0.25, -0.2) is 19.9 Å². The Balaban J connectivity index is 1.56. The summed E-state index contributed by atoms with van der Waals surface area (Å²) in [7, 11) is 1.40. The molecule has 2 atom stereocenters. The van der Waals surface area contributed by atoms with Crippen LogP contribution in [0.3, 0.4) is 0 Å². The lowest BCUT2D eigenvalue weighted by Gasteiger charge is -2.29. The number of alkyl halides is 3. The van der Waals surface area contributed by atoms with Crippen molar-refractivity contribution in [2.45, 2.75) is 51.3 Å². The second-order valence-corrected chi connectivity index (χ2v) is 8.64. The van der Waals surface area contributed by atoms with Crippen LogP contribution in [0.5, 0.6) is 0 Å². The molecule has 0 aromatic carbocycles. The lowest BCUT2D eigenvalue weighted by atomic mass is 9.90. The summed E-state index contributed by atoms with van der Waals surface area (Å²) in [6, 6.07) is 3.10. The van der Waals surface area contributed by atoms with Crippen LogP contribution in [0, 0.1) is 13.8 Å². The predicted octanol–water partition coefficient (Wildman–Crippen LogP) is 3.77. The molecule has 0 amide bonds. The lowest BCUT2D eigenvalue weighted by molar-refractivity contribution is -0.0934. The van der Waals surface area contributed by atoms with Gasteiger partial charge in [0.15, 0.2) is 5.65 Å². The summed E-state index contributed by atoms with van der Waals surface area (Å²) < 4.78 is 46.2. The number of allylic oxidation sites excluding steroid dienone is 1. The van der Waals surface area contributed by atoms with Crippen molar-refractivity contribution in [3.63, 3.8) is 0 Å². The van der Waals surface area contributed by atoms with Crippen LogP contribution in [0.25, 0.3) is 16.7 Å². The Bertz CT molecular complexity index is 1460. The Morgan fingerprint density at radius 3 is 2.60 bits per heavy atom. The molecule has 4 heterocycles. The van der Waals surface area contributed by atoms with Crippen LogP contribution >= 0.6 is 0 Å². The molecule has 1 saturated heterocycles. The highest BCUT2D eigenvalue weighted by Crippen LogP contribution is 2.41. The van der Waals surface area contributed by atoms with Gasteiger partial charge in [-0.15, -0.1) is 5.73 Å². The van der Waals surface area contributed by atoms with E-state index >= 15 is 0 Å². The molecule has 1 aliphatic carbocycles. The molecular weight excluding hydrogens is 463 g/mol. The SMILES string of the molecule is COn1cc([C@H]2C[C@@H](c3nc(C4=C=C(C(F)(F)F)C4)c4nc(C)c(C)nc4n3)CCO2)ccc1=O. The standard InChI is InChI=1S/C24H22F3N5O3/c1-12-13(2)29-23-21(28-12)20(16-8-17(9-16)24(25,26)27)30-22(31-23)14-6-7-35-18(10-14)15-4-5-19(33)32(11-15)34-3/h4-5,11,14,18H,6-8,10H2,1-3H3/t14-,18+/m0/s1. The molecule has 182 valence electrons. The van der Waals surface area contributed by atoms with Gasteiger partial charge in [0.1, 0.15) is 24.1 Å². The third-order valence-corrected chi connectivity index (χ3v) is 6.36. The summed E-state index contributed by atoms with van der Waals surface area (Å²) in [5, 5.41) is 0. The quantitative estimate of drug-likeness (QED) is 0.520. The molecule has 3 aromatic rings. The van der Waals surface area contributed by atoms with Gasteiger partial charge in [-0.2, -0.15) is 17.9 Å². The van der Waals surface area contributed by atoms with Crippen LogP contribution in [0.2, 0.25) is 0 Å². The molecule has 0 unspecified atom stereocenters. The molecule has 1 aliphatic heterocycles. The molecule has 35 heavy (non-hydrogen) atoms. The molecule has 8 nitrogen and oxygen atoms in total. The molecule has 3 aromatic heterocycles. The fraction of sp³-hybridized carbons (Fsp3) is 0.417. The molecule has 1 fully saturated rings. The largest absolute Gasteiger partial charge is 0.420 e. The van der Waals surface area contributed by atoms with Gasteiger partial charge in [0, 0.05) is 36.1 Å². The van der Waals surface area contributed by atoms with Gasteiger partial charge in [0.05, 0.1) is 29.3 Å². The van der Waals surface area contributed by atoms with Crippen LogP contribution < -0.4 is 10.4 Å². The lowest BCUT2D eigenvalue weighted by Crippen LogP contribution is -2.26. The first kappa shape index (κ1) is 23.2. The third kappa shape index (κ3) is 4.33. The highest BCUT2D eigenvalue weighted by atomic mass is 19.4. The number of hydrogen-bond donors (Lipinski definition) is 0. The highest BCUT2D eigenvalue weighted by Gasteiger charge is 2.39. The van der Waals surface area contributed by atoms with E-state index in [0.29, 0.717) is 59.1 Å². The molecule has 0 N–H and O–H groups in total. The molecule has 2 aliphatic rings. The van der Waals surface area contributed by atoms with E-state index < -0.39 is 11.7 Å². The summed E-state index contributed by atoms with van der Waals surface area (Å²) in [6.07, 6.45) is -2.29. The van der Waals surface area contributed by atoms with E-state index in [2.05, 4.69) is 25.7 Å². The van der Waals surface area contributed by atoms with Crippen molar-refractivity contribution >= 4 is 16.7 Å². The number of pyridine rings is 1. The first-order chi connectivity index (χ1) is 16.6. The number of nitrogens with zero attached hydrogens (tertiary/aromatic N) is 5. The molecule has 5 rings (SSSR count). The molecule has 0 saturated carbocycles. The monoisotopic (exact) mass is 485 g/mol. The zero-order chi connectivity index (χ0) is 24.9. The van der Waals surface area contributed by atoms with Gasteiger partial charge >= 0.3 is 6.18 Å². The van der Waals surface area contributed by atoms with Crippen LogP contribution in [-0.4, -0.2) is 44.6 Å². The minimum absolute atomic E-state index is 0.130. The average molecular weight is 485 g/mol. The van der Waals surface area contributed by atoms with Crippen molar-refractivity contribution in [3.8, 4) is 0 Å². The topological polar surface area (TPSA) is 92.0 Å². The first-order valence-electron chi connectivity index (χ1n) is 11.1. The van der Waals surface area contributed by atoms with Crippen LogP contribution in [0.4, 0.5) is 13.2 Å². The maximum atomic E-state index is 13.1. The summed E-state index contributed by atoms with van der Waals surface area (Å²) in [6.45, 7) is 4.02. The average Bonchev–Trinajstić information content (AvgIpc) is 2.78. The molecule has 0 bridgehead atoms. The Kier molecular flexibility index (Phi) is 5.69. The fourth-order valence-electron chi connectivity index (χ4n) is 4.26. The van der Waals surface area contributed by atoms with Crippen molar-refractivity contribution in [1.82, 2.24) is 24.7 Å². The Labute approximate surface area is 198 Å². The number of fused-ring (bicyclic) bond motifs is 1. The summed E-state index contributed by atoms with van der Waals surface area (Å²) in [5.41, 5.74) is 4.94. The van der Waals surface area contributed by atoms with Crippen molar-refractivity contribution in [1.29, 1.82) is 0 Å². The molecular formula is C24H22F3N5O3. The van der Waals surface area contributed by atoms with Gasteiger partial charge < -0.3 is 9.57 Å². The zero-order valence-corrected chi connectivity index (χ0v) is 19.3. The normalized spacial score (nSPS) is 20.3. The van der Waals surface area contributed by atoms with Crippen LogP contribution in [0.15, 0.2) is 34.4 Å². The van der Waals surface area contributed by atoms with Crippen LogP contribution in [0.1, 0.15) is 59.8 Å². The minimum Gasteiger partial charge on any atom is -0.414 e. The van der Waals surface area contributed by atoms with E-state index in [4.69, 9.17) is 9.57 Å². The van der Waals surface area contributed by atoms with Gasteiger partial charge in [0.25, 0.3) is 5.56 Å². The highest BCUT2D eigenvalue weighted by molar-refractivity contribution is 5.87. The van der Waals surface area contributed by atoms with Crippen molar-refractivity contribution in [3.05, 3.63) is 68.5 Å². The van der Waals surface area contributed by atoms with Gasteiger partial charge in [-0.05, 0) is 32.8 Å². The third-order valence-electron chi connectivity index (χ3n) is 6.36. The predicted molar refractivity (Wildman–Crippen MR) is 120 cm³/mol. The number of halogens is 3. The number of ether oxygens (including phenoxy) is 1. The Morgan fingerprint density at radius 1 is 1.14 bits per heavy atom. The van der Waals surface area contributed by atoms with Gasteiger partial charge in [-0.1, -0.05) is 0 Å². The Hall–Kier alpha value is -3.56. The zero-order valence-electron chi connectivity index (χ0n) is 19.3. The fourth-order valence-corrected chi connectivity index (χ4v) is 4.26. The van der Waals surface area contributed by atoms with Crippen LogP contribution in [-0.2, 0) is 4.74 Å². The van der Waals surface area contributed by atoms with Gasteiger partial charge in [0.2, 0.25) is 0 Å². The van der Waals surface area contributed by atoms with E-state index in [1.165, 1.54) is 13.2 Å². The molecule has 11 heteroatoms. The van der Waals surface area contributed by atoms with E-state index in [1.807, 2.05) is 6.92 Å². The summed E-state index contributed by atoms with van der Waals surface area (Å²) in [4.78, 5) is 35.3. The second kappa shape index (κ2) is 8.58. The molecule has 0 spiro atoms. The number of aromatic nitrogens is 5. The maximum Gasteiger partial charge on any atom is 0.420 e. The summed E-state index contributed by atoms with van der Waals surface area (Å²) in [5.74, 6) is 0.350. The second-order valence-electron chi connectivity index (χ2n) is 8.64. The minimum atomic E-state index is -4.42. The molecule has 0 radical (unpaired) electrons.